The predicted octanol–water partition coefficient (Wildman–Crippen LogP) is 3.22. The Morgan fingerprint density at radius 1 is 1.03 bits per heavy atom. The van der Waals surface area contributed by atoms with E-state index < -0.39 is 0 Å². The van der Waals surface area contributed by atoms with Gasteiger partial charge in [0.1, 0.15) is 12.0 Å². The number of nitrogens with one attached hydrogen (secondary N) is 1. The standard InChI is InChI=1S/C23H19N7O/c1-16-12-20(30-23(27-16)25-15-26-30)22(31)24-13-18-14-29(19-10-6-3-7-11-19)28-21(18)17-8-4-2-5-9-17/h2-12,14-15H,13H2,1H3,(H,24,31). The summed E-state index contributed by atoms with van der Waals surface area (Å²) in [6, 6.07) is 21.5. The molecule has 0 aliphatic rings. The van der Waals surface area contributed by atoms with Crippen LogP contribution in [0.15, 0.2) is 79.3 Å². The average molecular weight is 409 g/mol. The first kappa shape index (κ1) is 18.7. The number of aryl methyl sites for hydroxylation is 1. The highest BCUT2D eigenvalue weighted by Crippen LogP contribution is 2.23. The lowest BCUT2D eigenvalue weighted by atomic mass is 10.1. The van der Waals surface area contributed by atoms with E-state index in [0.29, 0.717) is 23.7 Å². The van der Waals surface area contributed by atoms with Crippen molar-refractivity contribution in [3.8, 4) is 16.9 Å². The highest BCUT2D eigenvalue weighted by molar-refractivity contribution is 5.93. The van der Waals surface area contributed by atoms with Gasteiger partial charge < -0.3 is 5.32 Å². The quantitative estimate of drug-likeness (QED) is 0.481. The molecule has 0 fully saturated rings. The highest BCUT2D eigenvalue weighted by atomic mass is 16.2. The molecule has 0 bridgehead atoms. The SMILES string of the molecule is Cc1cc(C(=O)NCc2cn(-c3ccccc3)nc2-c2ccccc2)n2ncnc2n1. The Labute approximate surface area is 178 Å². The molecule has 1 N–H and O–H groups in total. The number of benzene rings is 2. The third-order valence-corrected chi connectivity index (χ3v) is 4.91. The second kappa shape index (κ2) is 7.83. The molecule has 0 saturated carbocycles. The Morgan fingerprint density at radius 2 is 1.77 bits per heavy atom. The number of hydrogen-bond donors (Lipinski definition) is 1. The van der Waals surface area contributed by atoms with Gasteiger partial charge in [-0.15, -0.1) is 0 Å². The third-order valence-electron chi connectivity index (χ3n) is 4.91. The van der Waals surface area contributed by atoms with Crippen LogP contribution >= 0.6 is 0 Å². The molecule has 0 atom stereocenters. The summed E-state index contributed by atoms with van der Waals surface area (Å²) in [5, 5.41) is 11.9. The molecule has 0 aliphatic heterocycles. The second-order valence-electron chi connectivity index (χ2n) is 7.09. The molecule has 8 nitrogen and oxygen atoms in total. The van der Waals surface area contributed by atoms with Gasteiger partial charge in [-0.1, -0.05) is 48.5 Å². The molecule has 0 radical (unpaired) electrons. The number of hydrogen-bond acceptors (Lipinski definition) is 5. The Kier molecular flexibility index (Phi) is 4.72. The van der Waals surface area contributed by atoms with Crippen LogP contribution in [-0.2, 0) is 6.54 Å². The summed E-state index contributed by atoms with van der Waals surface area (Å²) in [6.07, 6.45) is 3.33. The van der Waals surface area contributed by atoms with Gasteiger partial charge in [0.05, 0.1) is 11.4 Å². The molecular weight excluding hydrogens is 390 g/mol. The summed E-state index contributed by atoms with van der Waals surface area (Å²) in [5.41, 5.74) is 4.75. The molecule has 2 aromatic carbocycles. The second-order valence-corrected chi connectivity index (χ2v) is 7.09. The fourth-order valence-electron chi connectivity index (χ4n) is 3.45. The van der Waals surface area contributed by atoms with Gasteiger partial charge in [0, 0.05) is 29.6 Å². The van der Waals surface area contributed by atoms with Crippen molar-refractivity contribution in [3.05, 3.63) is 96.2 Å². The van der Waals surface area contributed by atoms with Crippen molar-refractivity contribution < 1.29 is 4.79 Å². The van der Waals surface area contributed by atoms with Gasteiger partial charge in [-0.2, -0.15) is 19.7 Å². The van der Waals surface area contributed by atoms with Crippen LogP contribution in [0.2, 0.25) is 0 Å². The molecule has 5 rings (SSSR count). The molecule has 0 spiro atoms. The zero-order chi connectivity index (χ0) is 21.2. The normalized spacial score (nSPS) is 11.0. The fourth-order valence-corrected chi connectivity index (χ4v) is 3.45. The molecular formula is C23H19N7O. The van der Waals surface area contributed by atoms with E-state index in [-0.39, 0.29) is 5.91 Å². The smallest absolute Gasteiger partial charge is 0.270 e. The molecule has 3 heterocycles. The number of aromatic nitrogens is 6. The van der Waals surface area contributed by atoms with Gasteiger partial charge in [-0.05, 0) is 25.1 Å². The molecule has 1 amide bonds. The number of carbonyl (C=O) groups excluding carboxylic acids is 1. The largest absolute Gasteiger partial charge is 0.346 e. The molecule has 31 heavy (non-hydrogen) atoms. The van der Waals surface area contributed by atoms with Crippen molar-refractivity contribution in [2.24, 2.45) is 0 Å². The van der Waals surface area contributed by atoms with E-state index in [9.17, 15) is 4.79 Å². The summed E-state index contributed by atoms with van der Waals surface area (Å²) in [7, 11) is 0. The summed E-state index contributed by atoms with van der Waals surface area (Å²) in [5.74, 6) is 0.138. The number of amides is 1. The molecule has 0 aliphatic carbocycles. The molecule has 152 valence electrons. The van der Waals surface area contributed by atoms with Crippen molar-refractivity contribution in [2.75, 3.05) is 0 Å². The molecule has 0 saturated heterocycles. The lowest BCUT2D eigenvalue weighted by Gasteiger charge is -2.07. The Morgan fingerprint density at radius 3 is 2.55 bits per heavy atom. The maximum absolute atomic E-state index is 13.0. The van der Waals surface area contributed by atoms with Gasteiger partial charge in [0.2, 0.25) is 0 Å². The van der Waals surface area contributed by atoms with E-state index in [1.807, 2.05) is 78.5 Å². The fraction of sp³-hybridized carbons (Fsp3) is 0.0870. The monoisotopic (exact) mass is 409 g/mol. The molecule has 0 unspecified atom stereocenters. The first-order valence-electron chi connectivity index (χ1n) is 9.84. The number of fused-ring (bicyclic) bond motifs is 1. The van der Waals surface area contributed by atoms with E-state index in [0.717, 1.165) is 22.5 Å². The lowest BCUT2D eigenvalue weighted by Crippen LogP contribution is -2.25. The van der Waals surface area contributed by atoms with E-state index in [2.05, 4.69) is 20.4 Å². The number of nitrogens with zero attached hydrogens (tertiary/aromatic N) is 6. The minimum Gasteiger partial charge on any atom is -0.346 e. The Hall–Kier alpha value is -4.33. The van der Waals surface area contributed by atoms with Crippen molar-refractivity contribution in [3.63, 3.8) is 0 Å². The minimum atomic E-state index is -0.257. The van der Waals surface area contributed by atoms with Gasteiger partial charge in [0.15, 0.2) is 0 Å². The van der Waals surface area contributed by atoms with Crippen LogP contribution in [0.4, 0.5) is 0 Å². The van der Waals surface area contributed by atoms with Gasteiger partial charge in [-0.25, -0.2) is 9.67 Å². The lowest BCUT2D eigenvalue weighted by molar-refractivity contribution is 0.0943. The number of para-hydroxylation sites is 1. The van der Waals surface area contributed by atoms with Crippen LogP contribution in [-0.4, -0.2) is 35.3 Å². The van der Waals surface area contributed by atoms with Crippen molar-refractivity contribution in [1.82, 2.24) is 34.7 Å². The number of rotatable bonds is 5. The average Bonchev–Trinajstić information content (AvgIpc) is 3.45. The maximum atomic E-state index is 13.0. The minimum absolute atomic E-state index is 0.257. The first-order valence-corrected chi connectivity index (χ1v) is 9.84. The van der Waals surface area contributed by atoms with E-state index >= 15 is 0 Å². The zero-order valence-corrected chi connectivity index (χ0v) is 16.8. The Bertz CT molecular complexity index is 1360. The summed E-state index contributed by atoms with van der Waals surface area (Å²) in [6.45, 7) is 2.14. The maximum Gasteiger partial charge on any atom is 0.270 e. The van der Waals surface area contributed by atoms with Crippen molar-refractivity contribution in [1.29, 1.82) is 0 Å². The summed E-state index contributed by atoms with van der Waals surface area (Å²) in [4.78, 5) is 21.3. The molecule has 5 aromatic rings. The van der Waals surface area contributed by atoms with Crippen LogP contribution in [0.25, 0.3) is 22.7 Å². The molecule has 3 aromatic heterocycles. The van der Waals surface area contributed by atoms with Crippen LogP contribution in [0.3, 0.4) is 0 Å². The molecule has 8 heteroatoms. The topological polar surface area (TPSA) is 90.0 Å². The van der Waals surface area contributed by atoms with Crippen LogP contribution < -0.4 is 5.32 Å². The number of carbonyl (C=O) groups is 1. The Balaban J connectivity index is 1.47. The van der Waals surface area contributed by atoms with Crippen molar-refractivity contribution >= 4 is 11.7 Å². The van der Waals surface area contributed by atoms with E-state index in [4.69, 9.17) is 5.10 Å². The van der Waals surface area contributed by atoms with Gasteiger partial charge in [0.25, 0.3) is 11.7 Å². The first-order chi connectivity index (χ1) is 15.2. The van der Waals surface area contributed by atoms with Gasteiger partial charge in [-0.3, -0.25) is 4.79 Å². The van der Waals surface area contributed by atoms with Gasteiger partial charge >= 0.3 is 0 Å². The van der Waals surface area contributed by atoms with Crippen LogP contribution in [0.1, 0.15) is 21.7 Å². The zero-order valence-electron chi connectivity index (χ0n) is 16.8. The summed E-state index contributed by atoms with van der Waals surface area (Å²) >= 11 is 0. The highest BCUT2D eigenvalue weighted by Gasteiger charge is 2.16. The van der Waals surface area contributed by atoms with Crippen molar-refractivity contribution in [2.45, 2.75) is 13.5 Å². The third kappa shape index (κ3) is 3.66. The van der Waals surface area contributed by atoms with E-state index in [1.54, 1.807) is 6.07 Å². The summed E-state index contributed by atoms with van der Waals surface area (Å²) < 4.78 is 3.27. The van der Waals surface area contributed by atoms with Crippen LogP contribution in [0, 0.1) is 6.92 Å². The predicted molar refractivity (Wildman–Crippen MR) is 116 cm³/mol. The van der Waals surface area contributed by atoms with Crippen LogP contribution in [0.5, 0.6) is 0 Å². The van der Waals surface area contributed by atoms with E-state index in [1.165, 1.54) is 10.8 Å².